The highest BCUT2D eigenvalue weighted by Crippen LogP contribution is 2.25. The van der Waals surface area contributed by atoms with E-state index in [2.05, 4.69) is 119 Å². The minimum Gasteiger partial charge on any atom is -0.350 e. The van der Waals surface area contributed by atoms with Crippen molar-refractivity contribution in [1.82, 2.24) is 39.2 Å². The number of anilines is 2. The number of fused-ring (bicyclic) bond motifs is 2. The second-order valence-electron chi connectivity index (χ2n) is 13.6. The lowest BCUT2D eigenvalue weighted by molar-refractivity contribution is 0.592. The third-order valence-corrected chi connectivity index (χ3v) is 10.3. The van der Waals surface area contributed by atoms with Crippen molar-refractivity contribution in [3.05, 3.63) is 93.3 Å². The molecule has 276 valence electrons. The van der Waals surface area contributed by atoms with E-state index < -0.39 is 9.84 Å². The molecule has 4 aromatic heterocycles. The molecule has 2 N–H and O–H groups in total. The summed E-state index contributed by atoms with van der Waals surface area (Å²) in [7, 11) is -3.54. The van der Waals surface area contributed by atoms with Crippen molar-refractivity contribution in [3.63, 3.8) is 0 Å². The van der Waals surface area contributed by atoms with E-state index in [1.54, 1.807) is 22.5 Å². The van der Waals surface area contributed by atoms with Crippen LogP contribution < -0.4 is 10.6 Å². The highest BCUT2D eigenvalue weighted by molar-refractivity contribution is 7.98. The van der Waals surface area contributed by atoms with Gasteiger partial charge in [-0.2, -0.15) is 34.2 Å². The fourth-order valence-corrected chi connectivity index (χ4v) is 6.79. The summed E-state index contributed by atoms with van der Waals surface area (Å²) in [4.78, 5) is 17.8. The number of nitrogens with one attached hydrogen (secondary N) is 2. The number of hydrogen-bond acceptors (Lipinski definition) is 11. The maximum absolute atomic E-state index is 12.1. The monoisotopic (exact) mass is 742 g/mol. The van der Waals surface area contributed by atoms with Gasteiger partial charge in [0.05, 0.1) is 12.4 Å². The van der Waals surface area contributed by atoms with Crippen molar-refractivity contribution in [2.75, 3.05) is 23.1 Å². The Hall–Kier alpha value is -4.56. The first-order valence-corrected chi connectivity index (χ1v) is 20.7. The molecule has 0 unspecified atom stereocenters. The van der Waals surface area contributed by atoms with Crippen molar-refractivity contribution >= 4 is 44.8 Å². The van der Waals surface area contributed by atoms with E-state index >= 15 is 0 Å². The quantitative estimate of drug-likeness (QED) is 0.120. The third-order valence-electron chi connectivity index (χ3n) is 8.87. The highest BCUT2D eigenvalue weighted by Gasteiger charge is 2.20. The predicted molar refractivity (Wildman–Crippen MR) is 210 cm³/mol. The number of aromatic nitrogens is 8. The number of nitrogens with zero attached hydrogens (tertiary/aromatic N) is 8. The summed E-state index contributed by atoms with van der Waals surface area (Å²) in [5.74, 6) is 1.65. The number of benzene rings is 2. The highest BCUT2D eigenvalue weighted by atomic mass is 32.2. The lowest BCUT2D eigenvalue weighted by Crippen LogP contribution is -2.14. The number of aryl methyl sites for hydroxylation is 4. The Bertz CT molecular complexity index is 2300. The Kier molecular flexibility index (Phi) is 12.2. The molecule has 0 atom stereocenters. The zero-order valence-corrected chi connectivity index (χ0v) is 33.4. The molecule has 0 radical (unpaired) electrons. The number of rotatable bonds is 12. The number of hydrogen-bond donors (Lipinski definition) is 2. The Morgan fingerprint density at radius 1 is 0.692 bits per heavy atom. The molecular formula is C38H50N10O2S2. The van der Waals surface area contributed by atoms with E-state index in [1.165, 1.54) is 27.8 Å². The smallest absolute Gasteiger partial charge is 0.252 e. The van der Waals surface area contributed by atoms with Gasteiger partial charge in [-0.1, -0.05) is 101 Å². The summed E-state index contributed by atoms with van der Waals surface area (Å²) in [5.41, 5.74) is 10.9. The van der Waals surface area contributed by atoms with E-state index in [0.717, 1.165) is 59.1 Å². The molecule has 0 aliphatic heterocycles. The zero-order chi connectivity index (χ0) is 37.7. The maximum Gasteiger partial charge on any atom is 0.252 e. The lowest BCUT2D eigenvalue weighted by atomic mass is 10.0. The van der Waals surface area contributed by atoms with Gasteiger partial charge in [0.25, 0.3) is 5.16 Å². The molecule has 0 saturated carbocycles. The topological polar surface area (TPSA) is 144 Å². The summed E-state index contributed by atoms with van der Waals surface area (Å²) in [5, 5.41) is 16.2. The second-order valence-corrected chi connectivity index (χ2v) is 16.3. The predicted octanol–water partition coefficient (Wildman–Crippen LogP) is 7.59. The van der Waals surface area contributed by atoms with Crippen LogP contribution in [0.25, 0.3) is 11.3 Å². The van der Waals surface area contributed by atoms with Crippen molar-refractivity contribution in [3.8, 4) is 0 Å². The summed E-state index contributed by atoms with van der Waals surface area (Å²) >= 11 is 1.55. The first kappa shape index (κ1) is 38.7. The van der Waals surface area contributed by atoms with E-state index in [9.17, 15) is 8.42 Å². The van der Waals surface area contributed by atoms with E-state index in [-0.39, 0.29) is 11.1 Å². The third kappa shape index (κ3) is 8.72. The van der Waals surface area contributed by atoms with Gasteiger partial charge in [0.15, 0.2) is 16.5 Å². The Morgan fingerprint density at radius 2 is 1.15 bits per heavy atom. The molecule has 0 bridgehead atoms. The molecule has 2 aromatic carbocycles. The molecule has 14 heteroatoms. The van der Waals surface area contributed by atoms with Crippen molar-refractivity contribution in [1.29, 1.82) is 0 Å². The van der Waals surface area contributed by atoms with Crippen LogP contribution in [-0.2, 0) is 35.8 Å². The van der Waals surface area contributed by atoms with Crippen LogP contribution in [0.2, 0.25) is 0 Å². The van der Waals surface area contributed by atoms with Gasteiger partial charge in [0, 0.05) is 30.5 Å². The van der Waals surface area contributed by atoms with Crippen LogP contribution in [0.3, 0.4) is 0 Å². The van der Waals surface area contributed by atoms with Crippen molar-refractivity contribution in [2.24, 2.45) is 0 Å². The molecule has 6 rings (SSSR count). The minimum absolute atomic E-state index is 0.168. The zero-order valence-electron chi connectivity index (χ0n) is 31.8. The number of thioether (sulfide) groups is 1. The fraction of sp³-hybridized carbons (Fsp3) is 0.421. The Labute approximate surface area is 311 Å². The van der Waals surface area contributed by atoms with E-state index in [4.69, 9.17) is 0 Å². The molecule has 0 aliphatic rings. The molecule has 4 heterocycles. The van der Waals surface area contributed by atoms with Gasteiger partial charge in [-0.15, -0.1) is 0 Å². The van der Waals surface area contributed by atoms with Gasteiger partial charge in [-0.05, 0) is 67.0 Å². The van der Waals surface area contributed by atoms with Gasteiger partial charge in [0.1, 0.15) is 0 Å². The van der Waals surface area contributed by atoms with Gasteiger partial charge in [0.2, 0.25) is 21.7 Å². The lowest BCUT2D eigenvalue weighted by Gasteiger charge is -2.13. The van der Waals surface area contributed by atoms with E-state index in [0.29, 0.717) is 24.1 Å². The molecule has 12 nitrogen and oxygen atoms in total. The van der Waals surface area contributed by atoms with Gasteiger partial charge >= 0.3 is 0 Å². The van der Waals surface area contributed by atoms with Crippen molar-refractivity contribution < 1.29 is 8.42 Å². The summed E-state index contributed by atoms with van der Waals surface area (Å²) < 4.78 is 27.5. The van der Waals surface area contributed by atoms with Crippen LogP contribution >= 0.6 is 11.8 Å². The van der Waals surface area contributed by atoms with Gasteiger partial charge in [-0.25, -0.2) is 13.4 Å². The molecule has 6 aromatic rings. The molecular weight excluding hydrogens is 693 g/mol. The summed E-state index contributed by atoms with van der Waals surface area (Å²) in [6.07, 6.45) is 8.67. The molecule has 0 saturated heterocycles. The van der Waals surface area contributed by atoms with E-state index in [1.807, 2.05) is 30.8 Å². The van der Waals surface area contributed by atoms with Gasteiger partial charge < -0.3 is 10.6 Å². The second kappa shape index (κ2) is 16.4. The van der Waals surface area contributed by atoms with Crippen LogP contribution in [0.4, 0.5) is 11.9 Å². The molecule has 0 amide bonds. The average Bonchev–Trinajstić information content (AvgIpc) is 3.75. The Balaban J connectivity index is 0.000000202. The van der Waals surface area contributed by atoms with Crippen molar-refractivity contribution in [2.45, 2.75) is 103 Å². The van der Waals surface area contributed by atoms with Crippen LogP contribution in [0, 0.1) is 13.8 Å². The normalized spacial score (nSPS) is 11.8. The van der Waals surface area contributed by atoms with Crippen LogP contribution in [0.15, 0.2) is 59.1 Å². The van der Waals surface area contributed by atoms with Crippen LogP contribution in [0.1, 0.15) is 97.9 Å². The SMILES string of the molecule is CCc1ccc(C)cc1CNc1nc(S(C)(=O)=O)nc2c(C(C)C)cnn12.CCc1ccc(C)cc1CNc1nc(SC)nc2c(C(C)C)cnn12. The maximum atomic E-state index is 12.1. The molecule has 0 spiro atoms. The van der Waals surface area contributed by atoms with Crippen LogP contribution in [-0.4, -0.2) is 60.1 Å². The van der Waals surface area contributed by atoms with Crippen LogP contribution in [0.5, 0.6) is 0 Å². The molecule has 0 aliphatic carbocycles. The van der Waals surface area contributed by atoms with Gasteiger partial charge in [-0.3, -0.25) is 0 Å². The number of sulfone groups is 1. The average molecular weight is 743 g/mol. The molecule has 0 fully saturated rings. The standard InChI is InChI=1S/C19H25N5O2S.C19H25N5S/c1-6-14-8-7-13(4)9-15(14)10-20-18-23-19(27(5,25)26)22-17-16(12(2)3)11-21-24(17)18;1-6-14-8-7-13(4)9-15(14)10-20-18-23-19(25-5)22-17-16(12(2)3)11-21-24(17)18/h7-9,11-12H,6,10H2,1-5H3,(H,20,22,23);7-9,11-12H,6,10H2,1-5H3,(H,20,22,23). The summed E-state index contributed by atoms with van der Waals surface area (Å²) in [6, 6.07) is 13.0. The fourth-order valence-electron chi connectivity index (χ4n) is 5.93. The largest absolute Gasteiger partial charge is 0.350 e. The summed E-state index contributed by atoms with van der Waals surface area (Å²) in [6.45, 7) is 18.1. The molecule has 52 heavy (non-hydrogen) atoms. The first-order valence-electron chi connectivity index (χ1n) is 17.6. The minimum atomic E-state index is -3.54. The first-order chi connectivity index (χ1) is 24.7. The Morgan fingerprint density at radius 3 is 1.58 bits per heavy atom.